The standard InChI is InChI=1S/C20H22N6O2/c1-13-23-10-16(11-24-13)17-9-19(26-12-25-17)22-7-6-14-4-5-15(20(27)21-2)8-18(14)28-3/h4-5,8-12H,6-7H2,1-3H3,(H,21,27)(H,22,25,26). The van der Waals surface area contributed by atoms with Crippen LogP contribution in [0.15, 0.2) is 43.0 Å². The highest BCUT2D eigenvalue weighted by Gasteiger charge is 2.09. The van der Waals surface area contributed by atoms with E-state index >= 15 is 0 Å². The van der Waals surface area contributed by atoms with E-state index in [2.05, 4.69) is 30.6 Å². The van der Waals surface area contributed by atoms with Crippen molar-refractivity contribution in [3.63, 3.8) is 0 Å². The van der Waals surface area contributed by atoms with Crippen LogP contribution in [0.4, 0.5) is 5.82 Å². The third-order valence-electron chi connectivity index (χ3n) is 4.22. The second-order valence-electron chi connectivity index (χ2n) is 6.09. The summed E-state index contributed by atoms with van der Waals surface area (Å²) < 4.78 is 5.42. The van der Waals surface area contributed by atoms with Crippen molar-refractivity contribution < 1.29 is 9.53 Å². The molecule has 0 aliphatic rings. The Balaban J connectivity index is 1.66. The van der Waals surface area contributed by atoms with Crippen LogP contribution in [0.2, 0.25) is 0 Å². The molecule has 2 heterocycles. The first kappa shape index (κ1) is 19.2. The summed E-state index contributed by atoms with van der Waals surface area (Å²) in [7, 11) is 3.20. The van der Waals surface area contributed by atoms with Crippen molar-refractivity contribution in [2.75, 3.05) is 26.0 Å². The van der Waals surface area contributed by atoms with Gasteiger partial charge in [-0.2, -0.15) is 0 Å². The number of hydrogen-bond acceptors (Lipinski definition) is 7. The Bertz CT molecular complexity index is 959. The van der Waals surface area contributed by atoms with Gasteiger partial charge < -0.3 is 15.4 Å². The van der Waals surface area contributed by atoms with Gasteiger partial charge in [0.05, 0.1) is 12.8 Å². The lowest BCUT2D eigenvalue weighted by molar-refractivity contribution is 0.0962. The van der Waals surface area contributed by atoms with E-state index in [0.29, 0.717) is 35.9 Å². The van der Waals surface area contributed by atoms with E-state index in [4.69, 9.17) is 4.74 Å². The monoisotopic (exact) mass is 378 g/mol. The van der Waals surface area contributed by atoms with Crippen LogP contribution in [0.3, 0.4) is 0 Å². The van der Waals surface area contributed by atoms with Gasteiger partial charge in [0.1, 0.15) is 23.7 Å². The molecule has 0 fully saturated rings. The number of aryl methyl sites for hydroxylation is 1. The number of nitrogens with one attached hydrogen (secondary N) is 2. The number of rotatable bonds is 7. The second kappa shape index (κ2) is 8.90. The summed E-state index contributed by atoms with van der Waals surface area (Å²) in [5.74, 6) is 1.97. The molecule has 0 spiro atoms. The van der Waals surface area contributed by atoms with Crippen LogP contribution >= 0.6 is 0 Å². The third-order valence-corrected chi connectivity index (χ3v) is 4.22. The molecule has 0 aliphatic heterocycles. The summed E-state index contributed by atoms with van der Waals surface area (Å²) in [6.07, 6.45) is 5.71. The largest absolute Gasteiger partial charge is 0.496 e. The van der Waals surface area contributed by atoms with Crippen LogP contribution in [-0.2, 0) is 6.42 Å². The number of carbonyl (C=O) groups is 1. The zero-order chi connectivity index (χ0) is 19.9. The van der Waals surface area contributed by atoms with E-state index in [-0.39, 0.29) is 5.91 Å². The summed E-state index contributed by atoms with van der Waals surface area (Å²) >= 11 is 0. The molecule has 1 aromatic carbocycles. The van der Waals surface area contributed by atoms with Gasteiger partial charge in [0.15, 0.2) is 0 Å². The third kappa shape index (κ3) is 4.59. The highest BCUT2D eigenvalue weighted by molar-refractivity contribution is 5.94. The highest BCUT2D eigenvalue weighted by atomic mass is 16.5. The molecule has 0 saturated heterocycles. The zero-order valence-electron chi connectivity index (χ0n) is 16.1. The Morgan fingerprint density at radius 1 is 1.11 bits per heavy atom. The molecule has 0 unspecified atom stereocenters. The minimum atomic E-state index is -0.142. The number of benzene rings is 1. The molecule has 0 radical (unpaired) electrons. The molecule has 2 N–H and O–H groups in total. The fraction of sp³-hybridized carbons (Fsp3) is 0.250. The Morgan fingerprint density at radius 2 is 1.89 bits per heavy atom. The van der Waals surface area contributed by atoms with Crippen LogP contribution in [0, 0.1) is 6.92 Å². The van der Waals surface area contributed by atoms with Gasteiger partial charge in [-0.1, -0.05) is 6.07 Å². The molecule has 2 aromatic heterocycles. The average molecular weight is 378 g/mol. The number of hydrogen-bond donors (Lipinski definition) is 2. The quantitative estimate of drug-likeness (QED) is 0.650. The lowest BCUT2D eigenvalue weighted by Crippen LogP contribution is -2.18. The summed E-state index contributed by atoms with van der Waals surface area (Å²) in [4.78, 5) is 28.7. The summed E-state index contributed by atoms with van der Waals surface area (Å²) in [6.45, 7) is 2.49. The number of ether oxygens (including phenoxy) is 1. The first-order valence-corrected chi connectivity index (χ1v) is 8.84. The van der Waals surface area contributed by atoms with Crippen LogP contribution in [0.5, 0.6) is 5.75 Å². The number of carbonyl (C=O) groups excluding carboxylic acids is 1. The predicted molar refractivity (Wildman–Crippen MR) is 106 cm³/mol. The minimum absolute atomic E-state index is 0.142. The molecule has 28 heavy (non-hydrogen) atoms. The molecular formula is C20H22N6O2. The van der Waals surface area contributed by atoms with E-state index in [9.17, 15) is 4.79 Å². The summed E-state index contributed by atoms with van der Waals surface area (Å²) in [5, 5.41) is 5.90. The van der Waals surface area contributed by atoms with Crippen LogP contribution in [-0.4, -0.2) is 46.5 Å². The van der Waals surface area contributed by atoms with Crippen molar-refractivity contribution in [3.05, 3.63) is 59.9 Å². The average Bonchev–Trinajstić information content (AvgIpc) is 2.74. The fourth-order valence-electron chi connectivity index (χ4n) is 2.70. The van der Waals surface area contributed by atoms with Gasteiger partial charge in [-0.3, -0.25) is 4.79 Å². The number of amides is 1. The number of anilines is 1. The van der Waals surface area contributed by atoms with Gasteiger partial charge in [-0.05, 0) is 31.0 Å². The van der Waals surface area contributed by atoms with Crippen LogP contribution < -0.4 is 15.4 Å². The van der Waals surface area contributed by atoms with Gasteiger partial charge in [0, 0.05) is 43.2 Å². The van der Waals surface area contributed by atoms with E-state index < -0.39 is 0 Å². The molecule has 1 amide bonds. The van der Waals surface area contributed by atoms with E-state index in [1.807, 2.05) is 19.1 Å². The first-order chi connectivity index (χ1) is 13.6. The lowest BCUT2D eigenvalue weighted by atomic mass is 10.1. The van der Waals surface area contributed by atoms with Crippen LogP contribution in [0.1, 0.15) is 21.7 Å². The first-order valence-electron chi connectivity index (χ1n) is 8.84. The van der Waals surface area contributed by atoms with Crippen molar-refractivity contribution in [1.82, 2.24) is 25.3 Å². The van der Waals surface area contributed by atoms with Crippen molar-refractivity contribution in [3.8, 4) is 17.0 Å². The Labute approximate surface area is 163 Å². The molecule has 0 aliphatic carbocycles. The Morgan fingerprint density at radius 3 is 2.61 bits per heavy atom. The van der Waals surface area contributed by atoms with Gasteiger partial charge in [0.25, 0.3) is 5.91 Å². The Hall–Kier alpha value is -3.55. The Kier molecular flexibility index (Phi) is 6.11. The fourth-order valence-corrected chi connectivity index (χ4v) is 2.70. The van der Waals surface area contributed by atoms with Crippen molar-refractivity contribution in [2.45, 2.75) is 13.3 Å². The van der Waals surface area contributed by atoms with Gasteiger partial charge in [0.2, 0.25) is 0 Å². The van der Waals surface area contributed by atoms with E-state index in [1.165, 1.54) is 6.33 Å². The molecule has 144 valence electrons. The molecule has 3 rings (SSSR count). The molecule has 0 atom stereocenters. The maximum Gasteiger partial charge on any atom is 0.251 e. The van der Waals surface area contributed by atoms with Gasteiger partial charge in [-0.15, -0.1) is 0 Å². The number of methoxy groups -OCH3 is 1. The molecule has 8 heteroatoms. The maximum atomic E-state index is 11.8. The highest BCUT2D eigenvalue weighted by Crippen LogP contribution is 2.21. The number of aromatic nitrogens is 4. The van der Waals surface area contributed by atoms with E-state index in [0.717, 1.165) is 16.8 Å². The predicted octanol–water partition coefficient (Wildman–Crippen LogP) is 2.26. The number of nitrogens with zero attached hydrogens (tertiary/aromatic N) is 4. The topological polar surface area (TPSA) is 102 Å². The molecule has 3 aromatic rings. The van der Waals surface area contributed by atoms with Crippen molar-refractivity contribution in [1.29, 1.82) is 0 Å². The van der Waals surface area contributed by atoms with Crippen molar-refractivity contribution in [2.24, 2.45) is 0 Å². The summed E-state index contributed by atoms with van der Waals surface area (Å²) in [5.41, 5.74) is 3.16. The van der Waals surface area contributed by atoms with Crippen molar-refractivity contribution >= 4 is 11.7 Å². The smallest absolute Gasteiger partial charge is 0.251 e. The SMILES string of the molecule is CNC(=O)c1ccc(CCNc2cc(-c3cnc(C)nc3)ncn2)c(OC)c1. The van der Waals surface area contributed by atoms with Gasteiger partial charge in [-0.25, -0.2) is 19.9 Å². The zero-order valence-corrected chi connectivity index (χ0v) is 16.1. The normalized spacial score (nSPS) is 10.4. The van der Waals surface area contributed by atoms with Crippen LogP contribution in [0.25, 0.3) is 11.3 Å². The lowest BCUT2D eigenvalue weighted by Gasteiger charge is -2.11. The molecular weight excluding hydrogens is 356 g/mol. The minimum Gasteiger partial charge on any atom is -0.496 e. The molecule has 8 nitrogen and oxygen atoms in total. The van der Waals surface area contributed by atoms with Gasteiger partial charge >= 0.3 is 0 Å². The second-order valence-corrected chi connectivity index (χ2v) is 6.09. The molecule has 0 saturated carbocycles. The maximum absolute atomic E-state index is 11.8. The summed E-state index contributed by atoms with van der Waals surface area (Å²) in [6, 6.07) is 7.30. The van der Waals surface area contributed by atoms with E-state index in [1.54, 1.807) is 38.7 Å². The molecule has 0 bridgehead atoms.